The third-order valence-electron chi connectivity index (χ3n) is 3.31. The largest absolute Gasteiger partial charge is 0.489 e. The fourth-order valence-electron chi connectivity index (χ4n) is 1.95. The summed E-state index contributed by atoms with van der Waals surface area (Å²) in [5.74, 6) is -0.835. The Morgan fingerprint density at radius 1 is 1.24 bits per heavy atom. The standard InChI is InChI=1S/C16H19ClN2O6/c1-19(2)14(21)8-18-13(20)9-25-16(22)10-6-11(17)15-12(7-10)23-4-3-5-24-15/h6-7H,3-5,8-9H2,1-2H3,(H,18,20). The Labute approximate surface area is 150 Å². The van der Waals surface area contributed by atoms with Gasteiger partial charge in [0, 0.05) is 20.5 Å². The van der Waals surface area contributed by atoms with Gasteiger partial charge in [-0.15, -0.1) is 0 Å². The van der Waals surface area contributed by atoms with Gasteiger partial charge in [-0.05, 0) is 12.1 Å². The average molecular weight is 371 g/mol. The molecule has 25 heavy (non-hydrogen) atoms. The number of amides is 2. The zero-order valence-corrected chi connectivity index (χ0v) is 14.7. The third-order valence-corrected chi connectivity index (χ3v) is 3.59. The molecule has 1 aliphatic heterocycles. The second kappa shape index (κ2) is 8.57. The Bertz CT molecular complexity index is 677. The van der Waals surface area contributed by atoms with E-state index in [1.165, 1.54) is 17.0 Å². The summed E-state index contributed by atoms with van der Waals surface area (Å²) in [5.41, 5.74) is 0.145. The first-order valence-corrected chi connectivity index (χ1v) is 7.99. The van der Waals surface area contributed by atoms with Crippen LogP contribution in [0.5, 0.6) is 11.5 Å². The first kappa shape index (κ1) is 18.9. The number of halogens is 1. The molecule has 0 radical (unpaired) electrons. The lowest BCUT2D eigenvalue weighted by atomic mass is 10.2. The smallest absolute Gasteiger partial charge is 0.338 e. The molecule has 9 heteroatoms. The quantitative estimate of drug-likeness (QED) is 0.773. The number of hydrogen-bond acceptors (Lipinski definition) is 6. The summed E-state index contributed by atoms with van der Waals surface area (Å²) in [5, 5.41) is 2.59. The Hall–Kier alpha value is -2.48. The number of fused-ring (bicyclic) bond motifs is 1. The van der Waals surface area contributed by atoms with Gasteiger partial charge in [0.05, 0.1) is 30.3 Å². The van der Waals surface area contributed by atoms with Crippen molar-refractivity contribution in [2.75, 3.05) is 40.5 Å². The summed E-state index contributed by atoms with van der Waals surface area (Å²) in [4.78, 5) is 36.4. The SMILES string of the molecule is CN(C)C(=O)CNC(=O)COC(=O)c1cc(Cl)c2c(c1)OCCCO2. The molecule has 1 heterocycles. The first-order chi connectivity index (χ1) is 11.9. The highest BCUT2D eigenvalue weighted by Gasteiger charge is 2.20. The Kier molecular flexibility index (Phi) is 6.46. The lowest BCUT2D eigenvalue weighted by Gasteiger charge is -2.12. The topological polar surface area (TPSA) is 94.2 Å². The van der Waals surface area contributed by atoms with E-state index in [9.17, 15) is 14.4 Å². The highest BCUT2D eigenvalue weighted by Crippen LogP contribution is 2.38. The van der Waals surface area contributed by atoms with Crippen LogP contribution in [0.25, 0.3) is 0 Å². The van der Waals surface area contributed by atoms with E-state index in [1.54, 1.807) is 14.1 Å². The molecular weight excluding hydrogens is 352 g/mol. The van der Waals surface area contributed by atoms with Gasteiger partial charge in [-0.1, -0.05) is 11.6 Å². The summed E-state index contributed by atoms with van der Waals surface area (Å²) in [6, 6.07) is 2.85. The minimum atomic E-state index is -0.730. The van der Waals surface area contributed by atoms with E-state index in [4.69, 9.17) is 25.8 Å². The molecule has 0 saturated heterocycles. The number of ether oxygens (including phenoxy) is 3. The second-order valence-electron chi connectivity index (χ2n) is 5.48. The number of likely N-dealkylation sites (N-methyl/N-ethyl adjacent to an activating group) is 1. The van der Waals surface area contributed by atoms with Gasteiger partial charge >= 0.3 is 5.97 Å². The minimum Gasteiger partial charge on any atom is -0.489 e. The second-order valence-corrected chi connectivity index (χ2v) is 5.88. The Balaban J connectivity index is 1.93. The van der Waals surface area contributed by atoms with E-state index >= 15 is 0 Å². The van der Waals surface area contributed by atoms with Crippen molar-refractivity contribution in [3.05, 3.63) is 22.7 Å². The monoisotopic (exact) mass is 370 g/mol. The molecule has 1 N–H and O–H groups in total. The fraction of sp³-hybridized carbons (Fsp3) is 0.438. The van der Waals surface area contributed by atoms with E-state index in [1.807, 2.05) is 0 Å². The summed E-state index contributed by atoms with van der Waals surface area (Å²) in [6.45, 7) is 0.247. The van der Waals surface area contributed by atoms with Gasteiger partial charge in [-0.25, -0.2) is 4.79 Å². The maximum absolute atomic E-state index is 12.1. The molecule has 2 amide bonds. The molecule has 0 saturated carbocycles. The number of nitrogens with one attached hydrogen (secondary N) is 1. The van der Waals surface area contributed by atoms with Crippen molar-refractivity contribution in [2.24, 2.45) is 0 Å². The van der Waals surface area contributed by atoms with Gasteiger partial charge in [0.1, 0.15) is 0 Å². The van der Waals surface area contributed by atoms with E-state index in [0.29, 0.717) is 31.1 Å². The van der Waals surface area contributed by atoms with Crippen molar-refractivity contribution >= 4 is 29.4 Å². The van der Waals surface area contributed by atoms with E-state index in [0.717, 1.165) is 0 Å². The number of carbonyl (C=O) groups is 3. The van der Waals surface area contributed by atoms with E-state index < -0.39 is 18.5 Å². The Morgan fingerprint density at radius 3 is 2.68 bits per heavy atom. The zero-order chi connectivity index (χ0) is 18.4. The summed E-state index contributed by atoms with van der Waals surface area (Å²) in [7, 11) is 3.14. The molecule has 8 nitrogen and oxygen atoms in total. The van der Waals surface area contributed by atoms with Crippen LogP contribution in [-0.2, 0) is 14.3 Å². The number of nitrogens with zero attached hydrogens (tertiary/aromatic N) is 1. The van der Waals surface area contributed by atoms with Crippen molar-refractivity contribution < 1.29 is 28.6 Å². The van der Waals surface area contributed by atoms with Crippen molar-refractivity contribution in [3.8, 4) is 11.5 Å². The molecule has 0 fully saturated rings. The molecule has 0 bridgehead atoms. The van der Waals surface area contributed by atoms with E-state index in [-0.39, 0.29) is 23.0 Å². The van der Waals surface area contributed by atoms with Crippen LogP contribution in [0.15, 0.2) is 12.1 Å². The third kappa shape index (κ3) is 5.25. The van der Waals surface area contributed by atoms with Gasteiger partial charge in [-0.2, -0.15) is 0 Å². The number of carbonyl (C=O) groups excluding carboxylic acids is 3. The lowest BCUT2D eigenvalue weighted by molar-refractivity contribution is -0.131. The normalized spacial score (nSPS) is 12.8. The van der Waals surface area contributed by atoms with Gasteiger partial charge < -0.3 is 24.4 Å². The summed E-state index contributed by atoms with van der Waals surface area (Å²) < 4.78 is 15.9. The van der Waals surface area contributed by atoms with Crippen LogP contribution in [0, 0.1) is 0 Å². The maximum Gasteiger partial charge on any atom is 0.338 e. The predicted octanol–water partition coefficient (Wildman–Crippen LogP) is 0.863. The molecule has 0 unspecified atom stereocenters. The lowest BCUT2D eigenvalue weighted by Crippen LogP contribution is -2.38. The molecule has 0 aromatic heterocycles. The van der Waals surface area contributed by atoms with Crippen molar-refractivity contribution in [3.63, 3.8) is 0 Å². The molecule has 0 aliphatic carbocycles. The van der Waals surface area contributed by atoms with Crippen molar-refractivity contribution in [1.82, 2.24) is 10.2 Å². The average Bonchev–Trinajstić information content (AvgIpc) is 2.83. The highest BCUT2D eigenvalue weighted by molar-refractivity contribution is 6.32. The van der Waals surface area contributed by atoms with Gasteiger partial charge in [-0.3, -0.25) is 9.59 Å². The van der Waals surface area contributed by atoms with Crippen LogP contribution >= 0.6 is 11.6 Å². The van der Waals surface area contributed by atoms with Crippen LogP contribution in [-0.4, -0.2) is 63.1 Å². The van der Waals surface area contributed by atoms with Crippen molar-refractivity contribution in [2.45, 2.75) is 6.42 Å². The van der Waals surface area contributed by atoms with Gasteiger partial charge in [0.2, 0.25) is 5.91 Å². The van der Waals surface area contributed by atoms with Crippen LogP contribution in [0.1, 0.15) is 16.8 Å². The number of benzene rings is 1. The maximum atomic E-state index is 12.1. The molecule has 1 aromatic rings. The van der Waals surface area contributed by atoms with Gasteiger partial charge in [0.15, 0.2) is 18.1 Å². The van der Waals surface area contributed by atoms with Crippen LogP contribution in [0.2, 0.25) is 5.02 Å². The van der Waals surface area contributed by atoms with Crippen LogP contribution in [0.4, 0.5) is 0 Å². The van der Waals surface area contributed by atoms with Gasteiger partial charge in [0.25, 0.3) is 5.91 Å². The molecule has 2 rings (SSSR count). The zero-order valence-electron chi connectivity index (χ0n) is 14.0. The molecule has 0 atom stereocenters. The first-order valence-electron chi connectivity index (χ1n) is 7.61. The number of hydrogen-bond donors (Lipinski definition) is 1. The van der Waals surface area contributed by atoms with E-state index in [2.05, 4.69) is 5.32 Å². The number of esters is 1. The Morgan fingerprint density at radius 2 is 1.96 bits per heavy atom. The molecule has 1 aliphatic rings. The summed E-state index contributed by atoms with van der Waals surface area (Å²) >= 11 is 6.11. The fourth-order valence-corrected chi connectivity index (χ4v) is 2.21. The number of rotatable bonds is 5. The molecule has 1 aromatic carbocycles. The van der Waals surface area contributed by atoms with Crippen LogP contribution in [0.3, 0.4) is 0 Å². The highest BCUT2D eigenvalue weighted by atomic mass is 35.5. The van der Waals surface area contributed by atoms with Crippen molar-refractivity contribution in [1.29, 1.82) is 0 Å². The summed E-state index contributed by atoms with van der Waals surface area (Å²) in [6.07, 6.45) is 0.705. The predicted molar refractivity (Wildman–Crippen MR) is 89.0 cm³/mol. The van der Waals surface area contributed by atoms with Crippen LogP contribution < -0.4 is 14.8 Å². The molecule has 136 valence electrons. The minimum absolute atomic E-state index is 0.145. The molecule has 0 spiro atoms. The molecular formula is C16H19ClN2O6.